The van der Waals surface area contributed by atoms with E-state index in [1.807, 2.05) is 44.2 Å². The third kappa shape index (κ3) is 2.57. The Morgan fingerprint density at radius 3 is 2.44 bits per heavy atom. The van der Waals surface area contributed by atoms with Gasteiger partial charge in [0.05, 0.1) is 5.54 Å². The lowest BCUT2D eigenvalue weighted by Crippen LogP contribution is -2.30. The number of hydrogen-bond acceptors (Lipinski definition) is 5. The number of methoxy groups -OCH3 is 1. The molecule has 1 aromatic heterocycles. The van der Waals surface area contributed by atoms with Crippen LogP contribution < -0.4 is 5.73 Å². The number of rotatable bonds is 4. The standard InChI is InChI=1S/C13H17N3O2/c1-13(2,14)12-15-11(18-16-12)10(17-3)9-7-5-4-6-8-9/h4-8,10H,14H2,1-3H3. The summed E-state index contributed by atoms with van der Waals surface area (Å²) in [6, 6.07) is 9.72. The molecule has 1 aromatic carbocycles. The zero-order valence-electron chi connectivity index (χ0n) is 10.8. The summed E-state index contributed by atoms with van der Waals surface area (Å²) in [5.41, 5.74) is 6.26. The molecule has 0 amide bonds. The molecule has 96 valence electrons. The second-order valence-corrected chi connectivity index (χ2v) is 4.70. The highest BCUT2D eigenvalue weighted by molar-refractivity contribution is 5.22. The summed E-state index contributed by atoms with van der Waals surface area (Å²) in [4.78, 5) is 4.30. The first-order chi connectivity index (χ1) is 8.52. The second-order valence-electron chi connectivity index (χ2n) is 4.70. The SMILES string of the molecule is COC(c1ccccc1)c1nc(C(C)(C)N)no1. The van der Waals surface area contributed by atoms with Gasteiger partial charge in [0, 0.05) is 7.11 Å². The predicted molar refractivity (Wildman–Crippen MR) is 66.8 cm³/mol. The van der Waals surface area contributed by atoms with Crippen molar-refractivity contribution in [2.75, 3.05) is 7.11 Å². The first-order valence-electron chi connectivity index (χ1n) is 5.73. The van der Waals surface area contributed by atoms with Crippen LogP contribution in [-0.2, 0) is 10.3 Å². The van der Waals surface area contributed by atoms with Crippen molar-refractivity contribution in [3.63, 3.8) is 0 Å². The molecule has 5 nitrogen and oxygen atoms in total. The van der Waals surface area contributed by atoms with Crippen LogP contribution in [0.3, 0.4) is 0 Å². The van der Waals surface area contributed by atoms with Gasteiger partial charge in [-0.3, -0.25) is 0 Å². The van der Waals surface area contributed by atoms with E-state index >= 15 is 0 Å². The van der Waals surface area contributed by atoms with E-state index in [9.17, 15) is 0 Å². The lowest BCUT2D eigenvalue weighted by Gasteiger charge is -2.12. The Hall–Kier alpha value is -1.72. The maximum Gasteiger partial charge on any atom is 0.260 e. The third-order valence-corrected chi connectivity index (χ3v) is 2.58. The molecule has 18 heavy (non-hydrogen) atoms. The molecule has 5 heteroatoms. The topological polar surface area (TPSA) is 74.2 Å². The molecule has 0 saturated heterocycles. The highest BCUT2D eigenvalue weighted by Gasteiger charge is 2.26. The van der Waals surface area contributed by atoms with Gasteiger partial charge in [0.1, 0.15) is 0 Å². The van der Waals surface area contributed by atoms with Crippen molar-refractivity contribution < 1.29 is 9.26 Å². The first-order valence-corrected chi connectivity index (χ1v) is 5.73. The molecule has 1 atom stereocenters. The van der Waals surface area contributed by atoms with Crippen molar-refractivity contribution in [1.29, 1.82) is 0 Å². The molecule has 0 aliphatic heterocycles. The molecular formula is C13H17N3O2. The van der Waals surface area contributed by atoms with Gasteiger partial charge < -0.3 is 15.0 Å². The van der Waals surface area contributed by atoms with Gasteiger partial charge in [-0.15, -0.1) is 0 Å². The Morgan fingerprint density at radius 2 is 1.94 bits per heavy atom. The Morgan fingerprint density at radius 1 is 1.28 bits per heavy atom. The van der Waals surface area contributed by atoms with Crippen molar-refractivity contribution in [2.24, 2.45) is 5.73 Å². The number of hydrogen-bond donors (Lipinski definition) is 1. The summed E-state index contributed by atoms with van der Waals surface area (Å²) in [5.74, 6) is 0.882. The Kier molecular flexibility index (Phi) is 3.45. The molecule has 2 aromatic rings. The summed E-state index contributed by atoms with van der Waals surface area (Å²) >= 11 is 0. The average Bonchev–Trinajstić information content (AvgIpc) is 2.81. The molecule has 2 rings (SSSR count). The number of nitrogens with zero attached hydrogens (tertiary/aromatic N) is 2. The van der Waals surface area contributed by atoms with E-state index in [1.54, 1.807) is 7.11 Å². The van der Waals surface area contributed by atoms with Crippen molar-refractivity contribution in [1.82, 2.24) is 10.1 Å². The smallest absolute Gasteiger partial charge is 0.260 e. The molecule has 0 aliphatic rings. The Bertz CT molecular complexity index is 502. The molecule has 2 N–H and O–H groups in total. The van der Waals surface area contributed by atoms with Crippen LogP contribution in [0.15, 0.2) is 34.9 Å². The molecular weight excluding hydrogens is 230 g/mol. The Balaban J connectivity index is 2.32. The number of ether oxygens (including phenoxy) is 1. The van der Waals surface area contributed by atoms with Crippen LogP contribution in [0.5, 0.6) is 0 Å². The lowest BCUT2D eigenvalue weighted by atomic mass is 10.1. The predicted octanol–water partition coefficient (Wildman–Crippen LogP) is 2.00. The largest absolute Gasteiger partial charge is 0.367 e. The summed E-state index contributed by atoms with van der Waals surface area (Å²) in [6.07, 6.45) is -0.366. The van der Waals surface area contributed by atoms with Gasteiger partial charge >= 0.3 is 0 Å². The van der Waals surface area contributed by atoms with Gasteiger partial charge in [0.2, 0.25) is 0 Å². The minimum absolute atomic E-state index is 0.366. The molecule has 0 radical (unpaired) electrons. The van der Waals surface area contributed by atoms with E-state index < -0.39 is 5.54 Å². The molecule has 1 heterocycles. The molecule has 0 bridgehead atoms. The van der Waals surface area contributed by atoms with Crippen LogP contribution in [0.25, 0.3) is 0 Å². The van der Waals surface area contributed by atoms with Crippen LogP contribution in [0.4, 0.5) is 0 Å². The molecule has 0 aliphatic carbocycles. The number of nitrogens with two attached hydrogens (primary N) is 1. The van der Waals surface area contributed by atoms with Crippen molar-refractivity contribution >= 4 is 0 Å². The van der Waals surface area contributed by atoms with E-state index in [-0.39, 0.29) is 6.10 Å². The van der Waals surface area contributed by atoms with Crippen LogP contribution in [0.2, 0.25) is 0 Å². The number of aromatic nitrogens is 2. The minimum Gasteiger partial charge on any atom is -0.367 e. The molecule has 0 spiro atoms. The van der Waals surface area contributed by atoms with E-state index in [2.05, 4.69) is 10.1 Å². The zero-order valence-corrected chi connectivity index (χ0v) is 10.8. The van der Waals surface area contributed by atoms with Gasteiger partial charge in [0.15, 0.2) is 11.9 Å². The van der Waals surface area contributed by atoms with E-state index in [0.717, 1.165) is 5.56 Å². The Labute approximate surface area is 106 Å². The average molecular weight is 247 g/mol. The lowest BCUT2D eigenvalue weighted by molar-refractivity contribution is 0.105. The quantitative estimate of drug-likeness (QED) is 0.894. The highest BCUT2D eigenvalue weighted by atomic mass is 16.5. The monoisotopic (exact) mass is 247 g/mol. The summed E-state index contributed by atoms with van der Waals surface area (Å²) < 4.78 is 10.6. The second kappa shape index (κ2) is 4.88. The van der Waals surface area contributed by atoms with E-state index in [1.165, 1.54) is 0 Å². The van der Waals surface area contributed by atoms with Crippen molar-refractivity contribution in [2.45, 2.75) is 25.5 Å². The summed E-state index contributed by atoms with van der Waals surface area (Å²) in [7, 11) is 1.61. The molecule has 1 unspecified atom stereocenters. The fraction of sp³-hybridized carbons (Fsp3) is 0.385. The van der Waals surface area contributed by atoms with Gasteiger partial charge in [-0.05, 0) is 19.4 Å². The number of benzene rings is 1. The maximum atomic E-state index is 5.92. The van der Waals surface area contributed by atoms with Crippen LogP contribution >= 0.6 is 0 Å². The van der Waals surface area contributed by atoms with Crippen LogP contribution in [-0.4, -0.2) is 17.3 Å². The normalized spacial score (nSPS) is 13.6. The van der Waals surface area contributed by atoms with Crippen LogP contribution in [0, 0.1) is 0 Å². The van der Waals surface area contributed by atoms with Gasteiger partial charge in [0.25, 0.3) is 5.89 Å². The minimum atomic E-state index is -0.628. The third-order valence-electron chi connectivity index (χ3n) is 2.58. The maximum absolute atomic E-state index is 5.92. The first kappa shape index (κ1) is 12.7. The fourth-order valence-corrected chi connectivity index (χ4v) is 1.61. The van der Waals surface area contributed by atoms with E-state index in [0.29, 0.717) is 11.7 Å². The highest BCUT2D eigenvalue weighted by Crippen LogP contribution is 2.25. The van der Waals surface area contributed by atoms with Crippen molar-refractivity contribution in [3.8, 4) is 0 Å². The van der Waals surface area contributed by atoms with Gasteiger partial charge in [-0.25, -0.2) is 0 Å². The van der Waals surface area contributed by atoms with Crippen molar-refractivity contribution in [3.05, 3.63) is 47.6 Å². The molecule has 0 fully saturated rings. The summed E-state index contributed by atoms with van der Waals surface area (Å²) in [6.45, 7) is 3.65. The van der Waals surface area contributed by atoms with Gasteiger partial charge in [-0.2, -0.15) is 4.98 Å². The van der Waals surface area contributed by atoms with Crippen LogP contribution in [0.1, 0.15) is 37.2 Å². The fourth-order valence-electron chi connectivity index (χ4n) is 1.61. The summed E-state index contributed by atoms with van der Waals surface area (Å²) in [5, 5.41) is 3.89. The van der Waals surface area contributed by atoms with E-state index in [4.69, 9.17) is 15.0 Å². The molecule has 0 saturated carbocycles. The van der Waals surface area contributed by atoms with Gasteiger partial charge in [-0.1, -0.05) is 35.5 Å². The zero-order chi connectivity index (χ0) is 13.2.